The van der Waals surface area contributed by atoms with Gasteiger partial charge in [0.05, 0.1) is 0 Å². The number of rotatable bonds is 2. The Kier molecular flexibility index (Phi) is 3.90. The van der Waals surface area contributed by atoms with Crippen molar-refractivity contribution >= 4 is 39.9 Å². The van der Waals surface area contributed by atoms with Crippen LogP contribution >= 0.6 is 22.6 Å². The summed E-state index contributed by atoms with van der Waals surface area (Å²) in [5, 5.41) is 0. The molecule has 100 valence electrons. The lowest BCUT2D eigenvalue weighted by atomic mass is 9.68. The molecule has 0 aliphatic heterocycles. The van der Waals surface area contributed by atoms with Crippen LogP contribution in [-0.2, 0) is 9.59 Å². The molecule has 0 spiro atoms. The zero-order chi connectivity index (χ0) is 14.2. The van der Waals surface area contributed by atoms with E-state index in [0.717, 1.165) is 3.57 Å². The fourth-order valence-electron chi connectivity index (χ4n) is 2.32. The summed E-state index contributed by atoms with van der Waals surface area (Å²) in [6, 6.07) is 7.05. The molecule has 1 aromatic rings. The first-order chi connectivity index (χ1) is 8.84. The van der Waals surface area contributed by atoms with E-state index in [2.05, 4.69) is 22.6 Å². The van der Waals surface area contributed by atoms with Crippen molar-refractivity contribution in [3.8, 4) is 0 Å². The van der Waals surface area contributed by atoms with E-state index in [1.807, 2.05) is 6.07 Å². The van der Waals surface area contributed by atoms with Crippen LogP contribution < -0.4 is 0 Å². The molecule has 1 fully saturated rings. The molecule has 1 saturated carbocycles. The van der Waals surface area contributed by atoms with E-state index in [0.29, 0.717) is 18.4 Å². The minimum Gasteiger partial charge on any atom is -0.298 e. The van der Waals surface area contributed by atoms with Crippen molar-refractivity contribution in [2.75, 3.05) is 0 Å². The van der Waals surface area contributed by atoms with Crippen LogP contribution in [0.1, 0.15) is 37.0 Å². The largest absolute Gasteiger partial charge is 0.298 e. The van der Waals surface area contributed by atoms with E-state index < -0.39 is 11.3 Å². The van der Waals surface area contributed by atoms with Crippen molar-refractivity contribution in [3.05, 3.63) is 33.4 Å². The smallest absolute Gasteiger partial charge is 0.181 e. The Morgan fingerprint density at radius 3 is 2.53 bits per heavy atom. The maximum Gasteiger partial charge on any atom is 0.181 e. The number of Topliss-reactive ketones (excluding diaryl/α,β-unsaturated/α-hetero) is 3. The highest BCUT2D eigenvalue weighted by Gasteiger charge is 2.46. The Morgan fingerprint density at radius 2 is 1.89 bits per heavy atom. The van der Waals surface area contributed by atoms with Gasteiger partial charge in [0.25, 0.3) is 0 Å². The average molecular weight is 370 g/mol. The third kappa shape index (κ3) is 2.63. The first-order valence-corrected chi connectivity index (χ1v) is 7.28. The first-order valence-electron chi connectivity index (χ1n) is 6.20. The van der Waals surface area contributed by atoms with E-state index in [9.17, 15) is 14.4 Å². The highest BCUT2D eigenvalue weighted by Crippen LogP contribution is 2.35. The van der Waals surface area contributed by atoms with Gasteiger partial charge in [0.1, 0.15) is 5.92 Å². The molecular formula is C15H15IO3. The molecule has 1 unspecified atom stereocenters. The standard InChI is InChI=1S/C15H15IO3/c1-15(2)8-7-11(17)12(14(15)19)13(18)9-5-3-4-6-10(9)16/h3-6,12H,7-8H2,1-2H3. The third-order valence-electron chi connectivity index (χ3n) is 3.65. The summed E-state index contributed by atoms with van der Waals surface area (Å²) in [7, 11) is 0. The molecule has 0 N–H and O–H groups in total. The Bertz CT molecular complexity index is 560. The molecule has 1 aliphatic rings. The van der Waals surface area contributed by atoms with Gasteiger partial charge in [-0.15, -0.1) is 0 Å². The van der Waals surface area contributed by atoms with Crippen molar-refractivity contribution in [3.63, 3.8) is 0 Å². The molecule has 0 saturated heterocycles. The van der Waals surface area contributed by atoms with Crippen LogP contribution in [0.25, 0.3) is 0 Å². The van der Waals surface area contributed by atoms with Crippen molar-refractivity contribution in [1.29, 1.82) is 0 Å². The SMILES string of the molecule is CC1(C)CCC(=O)C(C(=O)c2ccccc2I)C1=O. The number of ketones is 3. The molecule has 0 radical (unpaired) electrons. The third-order valence-corrected chi connectivity index (χ3v) is 4.59. The van der Waals surface area contributed by atoms with Gasteiger partial charge in [-0.1, -0.05) is 32.0 Å². The molecule has 2 rings (SSSR count). The van der Waals surface area contributed by atoms with E-state index in [-0.39, 0.29) is 17.3 Å². The summed E-state index contributed by atoms with van der Waals surface area (Å²) < 4.78 is 0.772. The Balaban J connectivity index is 2.40. The van der Waals surface area contributed by atoms with Gasteiger partial charge >= 0.3 is 0 Å². The lowest BCUT2D eigenvalue weighted by Gasteiger charge is -2.31. The quantitative estimate of drug-likeness (QED) is 0.457. The average Bonchev–Trinajstić information content (AvgIpc) is 2.35. The predicted molar refractivity (Wildman–Crippen MR) is 80.0 cm³/mol. The molecule has 1 aromatic carbocycles. The van der Waals surface area contributed by atoms with Crippen molar-refractivity contribution in [2.24, 2.45) is 11.3 Å². The highest BCUT2D eigenvalue weighted by atomic mass is 127. The molecule has 4 heteroatoms. The molecule has 1 aliphatic carbocycles. The van der Waals surface area contributed by atoms with E-state index in [1.165, 1.54) is 0 Å². The molecule has 0 amide bonds. The Labute approximate surface area is 125 Å². The Hall–Kier alpha value is -1.04. The zero-order valence-corrected chi connectivity index (χ0v) is 13.1. The highest BCUT2D eigenvalue weighted by molar-refractivity contribution is 14.1. The second kappa shape index (κ2) is 5.15. The lowest BCUT2D eigenvalue weighted by molar-refractivity contribution is -0.140. The normalized spacial score (nSPS) is 22.4. The van der Waals surface area contributed by atoms with Crippen LogP contribution in [-0.4, -0.2) is 17.3 Å². The van der Waals surface area contributed by atoms with Crippen LogP contribution in [0.5, 0.6) is 0 Å². The van der Waals surface area contributed by atoms with Crippen LogP contribution in [0.15, 0.2) is 24.3 Å². The van der Waals surface area contributed by atoms with Crippen LogP contribution in [0, 0.1) is 14.9 Å². The number of hydrogen-bond acceptors (Lipinski definition) is 3. The maximum absolute atomic E-state index is 12.5. The van der Waals surface area contributed by atoms with Gasteiger partial charge in [0, 0.05) is 21.0 Å². The molecule has 1 atom stereocenters. The summed E-state index contributed by atoms with van der Waals surface area (Å²) in [6.45, 7) is 3.61. The molecule has 0 aromatic heterocycles. The monoisotopic (exact) mass is 370 g/mol. The molecule has 0 heterocycles. The van der Waals surface area contributed by atoms with Gasteiger partial charge in [-0.25, -0.2) is 0 Å². The minimum atomic E-state index is -1.11. The van der Waals surface area contributed by atoms with Gasteiger partial charge in [-0.2, -0.15) is 0 Å². The summed E-state index contributed by atoms with van der Waals surface area (Å²) in [4.78, 5) is 36.8. The summed E-state index contributed by atoms with van der Waals surface area (Å²) >= 11 is 2.05. The fourth-order valence-corrected chi connectivity index (χ4v) is 2.98. The summed E-state index contributed by atoms with van der Waals surface area (Å²) in [5.74, 6) is -1.95. The van der Waals surface area contributed by atoms with E-state index >= 15 is 0 Å². The van der Waals surface area contributed by atoms with Gasteiger partial charge in [0.2, 0.25) is 0 Å². The van der Waals surface area contributed by atoms with Crippen molar-refractivity contribution in [2.45, 2.75) is 26.7 Å². The summed E-state index contributed by atoms with van der Waals surface area (Å²) in [5.41, 5.74) is -0.124. The van der Waals surface area contributed by atoms with Gasteiger partial charge < -0.3 is 0 Å². The Morgan fingerprint density at radius 1 is 1.26 bits per heavy atom. The van der Waals surface area contributed by atoms with Crippen LogP contribution in [0.3, 0.4) is 0 Å². The second-order valence-corrected chi connectivity index (χ2v) is 6.65. The number of carbonyl (C=O) groups excluding carboxylic acids is 3. The minimum absolute atomic E-state index is 0.242. The zero-order valence-electron chi connectivity index (χ0n) is 10.9. The van der Waals surface area contributed by atoms with Gasteiger partial charge in [-0.3, -0.25) is 14.4 Å². The number of carbonyl (C=O) groups is 3. The topological polar surface area (TPSA) is 51.2 Å². The summed E-state index contributed by atoms with van der Waals surface area (Å²) in [6.07, 6.45) is 0.832. The first kappa shape index (κ1) is 14.4. The molecule has 3 nitrogen and oxygen atoms in total. The fraction of sp³-hybridized carbons (Fsp3) is 0.400. The van der Waals surface area contributed by atoms with Crippen LogP contribution in [0.2, 0.25) is 0 Å². The van der Waals surface area contributed by atoms with Crippen LogP contribution in [0.4, 0.5) is 0 Å². The lowest BCUT2D eigenvalue weighted by Crippen LogP contribution is -2.44. The van der Waals surface area contributed by atoms with E-state index in [4.69, 9.17) is 0 Å². The van der Waals surface area contributed by atoms with Crippen molar-refractivity contribution in [1.82, 2.24) is 0 Å². The number of halogens is 1. The molecule has 19 heavy (non-hydrogen) atoms. The maximum atomic E-state index is 12.5. The predicted octanol–water partition coefficient (Wildman–Crippen LogP) is 3.05. The van der Waals surface area contributed by atoms with Crippen molar-refractivity contribution < 1.29 is 14.4 Å². The molecule has 0 bridgehead atoms. The van der Waals surface area contributed by atoms with Gasteiger partial charge in [-0.05, 0) is 35.1 Å². The molecular weight excluding hydrogens is 355 g/mol. The van der Waals surface area contributed by atoms with E-state index in [1.54, 1.807) is 32.0 Å². The number of hydrogen-bond donors (Lipinski definition) is 0. The second-order valence-electron chi connectivity index (χ2n) is 5.49. The number of benzene rings is 1. The van der Waals surface area contributed by atoms with Gasteiger partial charge in [0.15, 0.2) is 17.3 Å².